The Kier molecular flexibility index (Phi) is 11.1. The number of ether oxygens (including phenoxy) is 1. The van der Waals surface area contributed by atoms with E-state index in [4.69, 9.17) is 9.26 Å². The van der Waals surface area contributed by atoms with Crippen LogP contribution >= 0.6 is 24.0 Å². The van der Waals surface area contributed by atoms with E-state index in [1.165, 1.54) is 11.1 Å². The van der Waals surface area contributed by atoms with Gasteiger partial charge in [-0.3, -0.25) is 4.99 Å². The van der Waals surface area contributed by atoms with Gasteiger partial charge in [-0.25, -0.2) is 0 Å². The molecular formula is C22H35IN4O2. The summed E-state index contributed by atoms with van der Waals surface area (Å²) in [6, 6.07) is 6.33. The lowest BCUT2D eigenvalue weighted by atomic mass is 10.1. The molecule has 0 aliphatic rings. The lowest BCUT2D eigenvalue weighted by molar-refractivity contribution is 0.215. The summed E-state index contributed by atoms with van der Waals surface area (Å²) in [7, 11) is 1.79. The Balaban J connectivity index is 0.00000420. The van der Waals surface area contributed by atoms with Crippen molar-refractivity contribution in [2.45, 2.75) is 66.5 Å². The van der Waals surface area contributed by atoms with Crippen molar-refractivity contribution in [1.29, 1.82) is 0 Å². The maximum atomic E-state index is 6.09. The van der Waals surface area contributed by atoms with Gasteiger partial charge in [0, 0.05) is 31.3 Å². The standard InChI is InChI=1S/C22H34N4O2.HI/c1-7-16(3)27-21-13-15(2)10-11-19(21)14-25-22(23-6)24-12-8-9-20-17(4)26-28-18(20)5;/h10-11,13,16H,7-9,12,14H2,1-6H3,(H2,23,24,25);1H. The number of aliphatic imine (C=N–C) groups is 1. The zero-order chi connectivity index (χ0) is 20.5. The maximum Gasteiger partial charge on any atom is 0.191 e. The van der Waals surface area contributed by atoms with Gasteiger partial charge in [0.25, 0.3) is 0 Å². The zero-order valence-electron chi connectivity index (χ0n) is 18.5. The lowest BCUT2D eigenvalue weighted by Crippen LogP contribution is -2.37. The Morgan fingerprint density at radius 1 is 1.24 bits per heavy atom. The van der Waals surface area contributed by atoms with Crippen LogP contribution in [0.5, 0.6) is 5.75 Å². The summed E-state index contributed by atoms with van der Waals surface area (Å²) >= 11 is 0. The van der Waals surface area contributed by atoms with E-state index < -0.39 is 0 Å². The van der Waals surface area contributed by atoms with Crippen LogP contribution in [0.4, 0.5) is 0 Å². The molecule has 0 bridgehead atoms. The molecule has 1 unspecified atom stereocenters. The minimum atomic E-state index is 0. The predicted molar refractivity (Wildman–Crippen MR) is 129 cm³/mol. The van der Waals surface area contributed by atoms with Crippen LogP contribution < -0.4 is 15.4 Å². The van der Waals surface area contributed by atoms with Gasteiger partial charge in [0.15, 0.2) is 5.96 Å². The minimum Gasteiger partial charge on any atom is -0.490 e. The number of nitrogens with one attached hydrogen (secondary N) is 2. The number of rotatable bonds is 9. The highest BCUT2D eigenvalue weighted by atomic mass is 127. The molecule has 0 aliphatic heterocycles. The topological polar surface area (TPSA) is 71.7 Å². The quantitative estimate of drug-likeness (QED) is 0.220. The minimum absolute atomic E-state index is 0. The average molecular weight is 514 g/mol. The van der Waals surface area contributed by atoms with Gasteiger partial charge in [0.2, 0.25) is 0 Å². The highest BCUT2D eigenvalue weighted by Gasteiger charge is 2.10. The van der Waals surface area contributed by atoms with E-state index in [1.54, 1.807) is 7.05 Å². The molecular weight excluding hydrogens is 479 g/mol. The number of hydrogen-bond donors (Lipinski definition) is 2. The Bertz CT molecular complexity index is 770. The van der Waals surface area contributed by atoms with E-state index in [9.17, 15) is 0 Å². The number of halogens is 1. The SMILES string of the molecule is CCC(C)Oc1cc(C)ccc1CNC(=NC)NCCCc1c(C)noc1C.I. The van der Waals surface area contributed by atoms with Gasteiger partial charge in [-0.2, -0.15) is 0 Å². The van der Waals surface area contributed by atoms with E-state index >= 15 is 0 Å². The monoisotopic (exact) mass is 514 g/mol. The number of aromatic nitrogens is 1. The van der Waals surface area contributed by atoms with Crippen molar-refractivity contribution in [3.05, 3.63) is 46.3 Å². The molecule has 29 heavy (non-hydrogen) atoms. The smallest absolute Gasteiger partial charge is 0.191 e. The molecule has 0 fully saturated rings. The van der Waals surface area contributed by atoms with Crippen LogP contribution in [0.15, 0.2) is 27.7 Å². The first-order valence-electron chi connectivity index (χ1n) is 10.1. The van der Waals surface area contributed by atoms with E-state index in [0.29, 0.717) is 6.54 Å². The molecule has 0 aliphatic carbocycles. The second kappa shape index (κ2) is 12.7. The van der Waals surface area contributed by atoms with E-state index in [0.717, 1.165) is 54.5 Å². The van der Waals surface area contributed by atoms with E-state index in [2.05, 4.69) is 59.8 Å². The fourth-order valence-corrected chi connectivity index (χ4v) is 2.95. The Labute approximate surface area is 191 Å². The van der Waals surface area contributed by atoms with Gasteiger partial charge in [0.05, 0.1) is 11.8 Å². The van der Waals surface area contributed by atoms with Gasteiger partial charge in [0.1, 0.15) is 11.5 Å². The molecule has 0 saturated carbocycles. The van der Waals surface area contributed by atoms with Crippen LogP contribution in [0.2, 0.25) is 0 Å². The molecule has 0 amide bonds. The molecule has 162 valence electrons. The van der Waals surface area contributed by atoms with Crippen molar-refractivity contribution in [2.24, 2.45) is 4.99 Å². The molecule has 0 saturated heterocycles. The lowest BCUT2D eigenvalue weighted by Gasteiger charge is -2.18. The molecule has 0 radical (unpaired) electrons. The molecule has 1 aromatic carbocycles. The largest absolute Gasteiger partial charge is 0.490 e. The first-order valence-corrected chi connectivity index (χ1v) is 10.1. The third-order valence-corrected chi connectivity index (χ3v) is 4.87. The summed E-state index contributed by atoms with van der Waals surface area (Å²) in [6.07, 6.45) is 3.10. The number of aryl methyl sites for hydroxylation is 3. The van der Waals surface area contributed by atoms with Crippen molar-refractivity contribution in [3.63, 3.8) is 0 Å². The molecule has 2 rings (SSSR count). The molecule has 7 heteroatoms. The second-order valence-electron chi connectivity index (χ2n) is 7.21. The van der Waals surface area contributed by atoms with Gasteiger partial charge >= 0.3 is 0 Å². The Hall–Kier alpha value is -1.77. The molecule has 6 nitrogen and oxygen atoms in total. The van der Waals surface area contributed by atoms with Crippen molar-refractivity contribution in [1.82, 2.24) is 15.8 Å². The Morgan fingerprint density at radius 3 is 2.62 bits per heavy atom. The molecule has 0 spiro atoms. The van der Waals surface area contributed by atoms with Crippen LogP contribution in [0.25, 0.3) is 0 Å². The van der Waals surface area contributed by atoms with Gasteiger partial charge in [-0.15, -0.1) is 24.0 Å². The summed E-state index contributed by atoms with van der Waals surface area (Å²) in [5, 5.41) is 10.8. The number of nitrogens with zero attached hydrogens (tertiary/aromatic N) is 2. The summed E-state index contributed by atoms with van der Waals surface area (Å²) in [6.45, 7) is 11.7. The fourth-order valence-electron chi connectivity index (χ4n) is 2.95. The summed E-state index contributed by atoms with van der Waals surface area (Å²) in [5.41, 5.74) is 4.51. The molecule has 1 heterocycles. The van der Waals surface area contributed by atoms with Gasteiger partial charge in [-0.1, -0.05) is 24.2 Å². The number of hydrogen-bond acceptors (Lipinski definition) is 4. The molecule has 2 N–H and O–H groups in total. The number of guanidine groups is 1. The van der Waals surface area contributed by atoms with Gasteiger partial charge < -0.3 is 19.9 Å². The highest BCUT2D eigenvalue weighted by molar-refractivity contribution is 14.0. The maximum absolute atomic E-state index is 6.09. The Morgan fingerprint density at radius 2 is 2.00 bits per heavy atom. The molecule has 2 aromatic rings. The fraction of sp³-hybridized carbons (Fsp3) is 0.545. The van der Waals surface area contributed by atoms with Crippen molar-refractivity contribution >= 4 is 29.9 Å². The van der Waals surface area contributed by atoms with Crippen molar-refractivity contribution in [2.75, 3.05) is 13.6 Å². The van der Waals surface area contributed by atoms with Gasteiger partial charge in [-0.05, 0) is 58.6 Å². The van der Waals surface area contributed by atoms with E-state index in [1.807, 2.05) is 13.8 Å². The molecule has 1 atom stereocenters. The van der Waals surface area contributed by atoms with Crippen LogP contribution in [0.1, 0.15) is 54.8 Å². The molecule has 1 aromatic heterocycles. The number of benzene rings is 1. The summed E-state index contributed by atoms with van der Waals surface area (Å²) in [4.78, 5) is 4.32. The predicted octanol–water partition coefficient (Wildman–Crippen LogP) is 4.69. The van der Waals surface area contributed by atoms with Crippen LogP contribution in [-0.2, 0) is 13.0 Å². The normalized spacial score (nSPS) is 12.3. The summed E-state index contributed by atoms with van der Waals surface area (Å²) in [5.74, 6) is 2.64. The van der Waals surface area contributed by atoms with Crippen molar-refractivity contribution < 1.29 is 9.26 Å². The van der Waals surface area contributed by atoms with Crippen LogP contribution in [0, 0.1) is 20.8 Å². The van der Waals surface area contributed by atoms with Crippen molar-refractivity contribution in [3.8, 4) is 5.75 Å². The van der Waals surface area contributed by atoms with Crippen LogP contribution in [0.3, 0.4) is 0 Å². The first kappa shape index (κ1) is 25.3. The first-order chi connectivity index (χ1) is 13.4. The zero-order valence-corrected chi connectivity index (χ0v) is 20.8. The highest BCUT2D eigenvalue weighted by Crippen LogP contribution is 2.22. The third kappa shape index (κ3) is 7.87. The average Bonchev–Trinajstić information content (AvgIpc) is 3.00. The summed E-state index contributed by atoms with van der Waals surface area (Å²) < 4.78 is 11.3. The van der Waals surface area contributed by atoms with E-state index in [-0.39, 0.29) is 30.1 Å². The van der Waals surface area contributed by atoms with Crippen LogP contribution in [-0.4, -0.2) is 30.8 Å². The third-order valence-electron chi connectivity index (χ3n) is 4.87. The second-order valence-corrected chi connectivity index (χ2v) is 7.21.